The van der Waals surface area contributed by atoms with Crippen molar-refractivity contribution < 1.29 is 22.1 Å². The fraction of sp³-hybridized carbons (Fsp3) is 0.500. The van der Waals surface area contributed by atoms with Crippen LogP contribution in [0.25, 0.3) is 6.08 Å². The van der Waals surface area contributed by atoms with E-state index in [1.807, 2.05) is 0 Å². The molecule has 0 amide bonds. The average Bonchev–Trinajstić information content (AvgIpc) is 2.50. The Morgan fingerprint density at radius 1 is 1.22 bits per heavy atom. The van der Waals surface area contributed by atoms with Crippen LogP contribution in [0.1, 0.15) is 42.4 Å². The Kier molecular flexibility index (Phi) is 7.65. The summed E-state index contributed by atoms with van der Waals surface area (Å²) >= 11 is 0.282. The van der Waals surface area contributed by atoms with Gasteiger partial charge in [0.15, 0.2) is 0 Å². The molecule has 23 heavy (non-hydrogen) atoms. The maximum Gasteiger partial charge on any atom is -0.147 e. The van der Waals surface area contributed by atoms with Gasteiger partial charge in [-0.05, 0) is 0 Å². The molecule has 7 heteroatoms. The minimum atomic E-state index is -3.24. The van der Waals surface area contributed by atoms with Crippen LogP contribution in [0.4, 0.5) is 4.39 Å². The fourth-order valence-corrected chi connectivity index (χ4v) is 24.2. The molecule has 1 aliphatic carbocycles. The first kappa shape index (κ1) is 24.0. The second-order valence-corrected chi connectivity index (χ2v) is 38.0. The summed E-state index contributed by atoms with van der Waals surface area (Å²) in [6.45, 7) is 11.0. The Labute approximate surface area is 163 Å². The number of nitrogens with one attached hydrogen (secondary N) is 1. The topological polar surface area (TPSA) is 12.0 Å². The monoisotopic (exact) mass is 519 g/mol. The van der Waals surface area contributed by atoms with Crippen LogP contribution in [0.2, 0.25) is 9.26 Å². The molecule has 1 N–H and O–H groups in total. The van der Waals surface area contributed by atoms with Gasteiger partial charge in [-0.15, -0.1) is 24.8 Å². The van der Waals surface area contributed by atoms with E-state index in [2.05, 4.69) is 69.1 Å². The third kappa shape index (κ3) is 5.24. The number of halogens is 4. The van der Waals surface area contributed by atoms with Crippen molar-refractivity contribution in [2.75, 3.05) is 0 Å². The van der Waals surface area contributed by atoms with E-state index < -0.39 is 17.7 Å². The van der Waals surface area contributed by atoms with Crippen molar-refractivity contribution in [1.29, 1.82) is 0 Å². The third-order valence-electron chi connectivity index (χ3n) is 3.98. The molecule has 1 aliphatic rings. The zero-order valence-electron chi connectivity index (χ0n) is 14.6. The van der Waals surface area contributed by atoms with Gasteiger partial charge < -0.3 is 0 Å². The fourth-order valence-electron chi connectivity index (χ4n) is 4.08. The quantitative estimate of drug-likeness (QED) is 0.504. The molecule has 0 spiro atoms. The molecule has 1 aromatic carbocycles. The number of hydrogen-bond acceptors (Lipinski definition) is 1. The van der Waals surface area contributed by atoms with E-state index in [1.165, 1.54) is 5.57 Å². The summed E-state index contributed by atoms with van der Waals surface area (Å²) in [4.78, 5) is 0. The van der Waals surface area contributed by atoms with Crippen LogP contribution in [0.5, 0.6) is 0 Å². The molecule has 0 aromatic heterocycles. The normalized spacial score (nSPS) is 17.8. The van der Waals surface area contributed by atoms with Crippen molar-refractivity contribution in [2.24, 2.45) is 0 Å². The molecule has 1 unspecified atom stereocenters. The first-order valence-corrected chi connectivity index (χ1v) is 21.6. The molecule has 132 valence electrons. The molecule has 0 bridgehead atoms. The Hall–Kier alpha value is 1.01. The summed E-state index contributed by atoms with van der Waals surface area (Å²) < 4.78 is 24.0. The molecule has 1 aromatic rings. The van der Waals surface area contributed by atoms with Crippen LogP contribution < -0.4 is 3.26 Å². The van der Waals surface area contributed by atoms with Gasteiger partial charge in [0.1, 0.15) is 0 Å². The van der Waals surface area contributed by atoms with E-state index in [4.69, 9.17) is 0 Å². The van der Waals surface area contributed by atoms with Gasteiger partial charge in [-0.3, -0.25) is 0 Å². The molecular formula is C16H27BrCl2FNSiZr. The minimum absolute atomic E-state index is 0. The maximum atomic E-state index is 13.9. The van der Waals surface area contributed by atoms with E-state index in [0.717, 1.165) is 15.6 Å². The number of allylic oxidation sites excluding steroid dienone is 1. The Morgan fingerprint density at radius 2 is 1.74 bits per heavy atom. The van der Waals surface area contributed by atoms with Crippen molar-refractivity contribution in [3.05, 3.63) is 39.1 Å². The van der Waals surface area contributed by atoms with Gasteiger partial charge in [0, 0.05) is 0 Å². The molecule has 0 heterocycles. The van der Waals surface area contributed by atoms with E-state index >= 15 is 0 Å². The second kappa shape index (κ2) is 7.32. The van der Waals surface area contributed by atoms with Crippen molar-refractivity contribution in [2.45, 2.75) is 46.1 Å². The van der Waals surface area contributed by atoms with Crippen LogP contribution in [0.3, 0.4) is 0 Å². The van der Waals surface area contributed by atoms with Crippen LogP contribution in [0, 0.1) is 5.82 Å². The molecule has 0 saturated carbocycles. The zero-order chi connectivity index (χ0) is 16.2. The Bertz CT molecular complexity index is 707. The predicted molar refractivity (Wildman–Crippen MR) is 108 cm³/mol. The molecule has 1 atom stereocenters. The largest absolute Gasteiger partial charge is 0.147 e. The summed E-state index contributed by atoms with van der Waals surface area (Å²) in [6, 6.07) is 3.30. The molecule has 2 rings (SSSR count). The summed E-state index contributed by atoms with van der Waals surface area (Å²) in [7, 11) is 0. The van der Waals surface area contributed by atoms with Gasteiger partial charge in [0.2, 0.25) is 0 Å². The van der Waals surface area contributed by atoms with Crippen molar-refractivity contribution in [3.63, 3.8) is 0 Å². The second-order valence-electron chi connectivity index (χ2n) is 8.40. The Balaban J connectivity index is 0.00000242. The first-order valence-electron chi connectivity index (χ1n) is 7.33. The van der Waals surface area contributed by atoms with Gasteiger partial charge in [0.25, 0.3) is 0 Å². The minimum Gasteiger partial charge on any atom is -0.147 e. The zero-order valence-corrected chi connectivity index (χ0v) is 21.7. The predicted octanol–water partition coefficient (Wildman–Crippen LogP) is 5.53. The van der Waals surface area contributed by atoms with Crippen molar-refractivity contribution in [1.82, 2.24) is 3.26 Å². The molecule has 0 fully saturated rings. The molecule has 1 nitrogen and oxygen atoms in total. The van der Waals surface area contributed by atoms with Crippen molar-refractivity contribution >= 4 is 53.7 Å². The van der Waals surface area contributed by atoms with Gasteiger partial charge in [-0.1, -0.05) is 0 Å². The molecule has 0 radical (unpaired) electrons. The molecule has 0 saturated heterocycles. The van der Waals surface area contributed by atoms with Crippen LogP contribution in [-0.2, 0) is 17.7 Å². The standard InChI is InChI=1S/C10H7BrF.C4H10N.2CH3.2ClH.H2Si.Zr/c1-6-2-7-4-8(12)5-10(11)9(7)3-6;1-4(2,3)5;;;;;;/h2-5H,1H3;5H,1-3H3;2*1H3;2*1H;1H2;/q;-1;;;;;;+1. The molecular weight excluding hydrogens is 495 g/mol. The van der Waals surface area contributed by atoms with Crippen LogP contribution in [-0.4, -0.2) is 12.4 Å². The summed E-state index contributed by atoms with van der Waals surface area (Å²) in [5, 5.41) is 0. The SMILES string of the molecule is CC1=Cc2c(Br)cc(F)cc2[CH]1[Zr]([CH3])([CH3])(=[SiH2])[NH]C(C)(C)C.Cl.Cl. The van der Waals surface area contributed by atoms with E-state index in [-0.39, 0.29) is 36.2 Å². The van der Waals surface area contributed by atoms with Gasteiger partial charge in [-0.25, -0.2) is 0 Å². The Morgan fingerprint density at radius 3 is 2.22 bits per heavy atom. The number of rotatable bonds is 2. The summed E-state index contributed by atoms with van der Waals surface area (Å²) in [5.74, 6) is -0.154. The number of hydrogen-bond donors (Lipinski definition) is 1. The first-order chi connectivity index (χ1) is 9.28. The number of benzene rings is 1. The average molecular weight is 523 g/mol. The summed E-state index contributed by atoms with van der Waals surface area (Å²) in [6.07, 6.45) is 2.22. The van der Waals surface area contributed by atoms with Gasteiger partial charge in [-0.2, -0.15) is 0 Å². The van der Waals surface area contributed by atoms with Crippen LogP contribution >= 0.6 is 40.7 Å². The summed E-state index contributed by atoms with van der Waals surface area (Å²) in [5.41, 5.74) is 3.75. The maximum absolute atomic E-state index is 13.9. The van der Waals surface area contributed by atoms with E-state index in [9.17, 15) is 4.39 Å². The number of fused-ring (bicyclic) bond motifs is 1. The van der Waals surface area contributed by atoms with Gasteiger partial charge >= 0.3 is 139 Å². The van der Waals surface area contributed by atoms with Gasteiger partial charge in [0.05, 0.1) is 0 Å². The van der Waals surface area contributed by atoms with E-state index in [0.29, 0.717) is 3.63 Å². The molecule has 0 aliphatic heterocycles. The van der Waals surface area contributed by atoms with E-state index in [1.54, 1.807) is 12.1 Å². The van der Waals surface area contributed by atoms with Crippen LogP contribution in [0.15, 0.2) is 22.2 Å². The third-order valence-corrected chi connectivity index (χ3v) is 18.4. The van der Waals surface area contributed by atoms with Crippen molar-refractivity contribution in [3.8, 4) is 0 Å². The smallest absolute Gasteiger partial charge is 0.147 e.